The van der Waals surface area contributed by atoms with Crippen LogP contribution in [0.2, 0.25) is 0 Å². The molecular weight excluding hydrogens is 244 g/mol. The average Bonchev–Trinajstić information content (AvgIpc) is 2.64. The highest BCUT2D eigenvalue weighted by molar-refractivity contribution is 5.90. The summed E-state index contributed by atoms with van der Waals surface area (Å²) in [5.74, 6) is -0.583. The molecule has 3 N–H and O–H groups in total. The number of rotatable bonds is 5. The molecule has 0 aromatic carbocycles. The number of nitrogens with one attached hydrogen (secondary N) is 1. The fraction of sp³-hybridized carbons (Fsp3) is 0.857. The molecule has 1 atom stereocenters. The normalized spacial score (nSPS) is 20.2. The highest BCUT2D eigenvalue weighted by Gasteiger charge is 2.41. The number of esters is 1. The van der Waals surface area contributed by atoms with Crippen molar-refractivity contribution < 1.29 is 14.3 Å². The van der Waals surface area contributed by atoms with Gasteiger partial charge in [-0.3, -0.25) is 4.79 Å². The average molecular weight is 270 g/mol. The Balaban J connectivity index is 2.79. The molecule has 0 radical (unpaired) electrons. The molecule has 5 nitrogen and oxygen atoms in total. The van der Waals surface area contributed by atoms with Crippen LogP contribution in [0.1, 0.15) is 58.3 Å². The van der Waals surface area contributed by atoms with E-state index < -0.39 is 11.6 Å². The Morgan fingerprint density at radius 1 is 1.26 bits per heavy atom. The molecule has 1 rings (SSSR count). The third-order valence-electron chi connectivity index (χ3n) is 3.83. The van der Waals surface area contributed by atoms with Gasteiger partial charge in [0.1, 0.15) is 5.54 Å². The monoisotopic (exact) mass is 270 g/mol. The smallest absolute Gasteiger partial charge is 0.331 e. The van der Waals surface area contributed by atoms with Gasteiger partial charge in [-0.05, 0) is 19.3 Å². The van der Waals surface area contributed by atoms with Crippen molar-refractivity contribution in [2.75, 3.05) is 7.11 Å². The van der Waals surface area contributed by atoms with Crippen molar-refractivity contribution in [3.63, 3.8) is 0 Å². The molecule has 1 unspecified atom stereocenters. The summed E-state index contributed by atoms with van der Waals surface area (Å²) in [6.07, 6.45) is 6.81. The second-order valence-electron chi connectivity index (χ2n) is 5.37. The first-order valence-electron chi connectivity index (χ1n) is 7.22. The van der Waals surface area contributed by atoms with Crippen LogP contribution >= 0.6 is 0 Å². The van der Waals surface area contributed by atoms with E-state index in [4.69, 9.17) is 10.5 Å². The first-order chi connectivity index (χ1) is 9.05. The van der Waals surface area contributed by atoms with Crippen LogP contribution in [-0.4, -0.2) is 30.6 Å². The number of methoxy groups -OCH3 is 1. The molecule has 1 aliphatic carbocycles. The number of amides is 1. The van der Waals surface area contributed by atoms with Crippen LogP contribution in [0.5, 0.6) is 0 Å². The van der Waals surface area contributed by atoms with Crippen molar-refractivity contribution in [2.24, 2.45) is 5.73 Å². The summed E-state index contributed by atoms with van der Waals surface area (Å²) in [6, 6.07) is -0.546. The topological polar surface area (TPSA) is 81.4 Å². The van der Waals surface area contributed by atoms with Gasteiger partial charge in [0.05, 0.1) is 13.2 Å². The van der Waals surface area contributed by atoms with E-state index in [2.05, 4.69) is 5.32 Å². The van der Waals surface area contributed by atoms with Crippen molar-refractivity contribution in [1.29, 1.82) is 0 Å². The van der Waals surface area contributed by atoms with Gasteiger partial charge in [0.25, 0.3) is 0 Å². The highest BCUT2D eigenvalue weighted by Crippen LogP contribution is 2.28. The van der Waals surface area contributed by atoms with Gasteiger partial charge < -0.3 is 15.8 Å². The van der Waals surface area contributed by atoms with Gasteiger partial charge in [0.2, 0.25) is 5.91 Å². The molecule has 0 spiro atoms. The Morgan fingerprint density at radius 2 is 1.84 bits per heavy atom. The van der Waals surface area contributed by atoms with E-state index in [1.54, 1.807) is 0 Å². The number of ether oxygens (including phenoxy) is 1. The number of carbonyl (C=O) groups excluding carboxylic acids is 2. The zero-order chi connectivity index (χ0) is 14.3. The predicted molar refractivity (Wildman–Crippen MR) is 73.5 cm³/mol. The molecule has 1 saturated carbocycles. The van der Waals surface area contributed by atoms with Crippen molar-refractivity contribution >= 4 is 11.9 Å². The number of hydrogen-bond acceptors (Lipinski definition) is 4. The lowest BCUT2D eigenvalue weighted by atomic mass is 9.89. The van der Waals surface area contributed by atoms with Gasteiger partial charge in [0.15, 0.2) is 0 Å². The first-order valence-corrected chi connectivity index (χ1v) is 7.22. The summed E-state index contributed by atoms with van der Waals surface area (Å²) in [7, 11) is 1.37. The van der Waals surface area contributed by atoms with Crippen LogP contribution in [0.25, 0.3) is 0 Å². The molecule has 1 fully saturated rings. The van der Waals surface area contributed by atoms with Crippen LogP contribution < -0.4 is 11.1 Å². The number of nitrogens with two attached hydrogens (primary N) is 1. The van der Waals surface area contributed by atoms with Gasteiger partial charge in [0, 0.05) is 0 Å². The van der Waals surface area contributed by atoms with Gasteiger partial charge in [-0.25, -0.2) is 4.79 Å². The predicted octanol–water partition coefficient (Wildman–Crippen LogP) is 1.50. The number of hydrogen-bond donors (Lipinski definition) is 2. The summed E-state index contributed by atoms with van der Waals surface area (Å²) in [5.41, 5.74) is 4.95. The lowest BCUT2D eigenvalue weighted by Crippen LogP contribution is -2.58. The second kappa shape index (κ2) is 7.48. The van der Waals surface area contributed by atoms with Crippen LogP contribution in [0.3, 0.4) is 0 Å². The molecule has 0 aromatic rings. The quantitative estimate of drug-likeness (QED) is 0.586. The molecule has 0 aromatic heterocycles. The maximum Gasteiger partial charge on any atom is 0.331 e. The maximum absolute atomic E-state index is 12.1. The third-order valence-corrected chi connectivity index (χ3v) is 3.83. The van der Waals surface area contributed by atoms with Crippen LogP contribution in [-0.2, 0) is 14.3 Å². The van der Waals surface area contributed by atoms with Crippen molar-refractivity contribution in [1.82, 2.24) is 5.32 Å². The molecule has 0 saturated heterocycles. The SMILES string of the molecule is CCCC(N)C(=O)NC1(C(=O)OC)CCCCCC1. The van der Waals surface area contributed by atoms with E-state index in [0.29, 0.717) is 19.3 Å². The summed E-state index contributed by atoms with van der Waals surface area (Å²) in [5, 5.41) is 2.87. The van der Waals surface area contributed by atoms with E-state index in [0.717, 1.165) is 32.1 Å². The Morgan fingerprint density at radius 3 is 2.32 bits per heavy atom. The van der Waals surface area contributed by atoms with Crippen LogP contribution in [0, 0.1) is 0 Å². The van der Waals surface area contributed by atoms with Gasteiger partial charge in [-0.2, -0.15) is 0 Å². The minimum absolute atomic E-state index is 0.242. The Bertz CT molecular complexity index is 310. The van der Waals surface area contributed by atoms with Crippen molar-refractivity contribution in [2.45, 2.75) is 69.9 Å². The van der Waals surface area contributed by atoms with Gasteiger partial charge in [-0.1, -0.05) is 39.0 Å². The molecule has 5 heteroatoms. The zero-order valence-electron chi connectivity index (χ0n) is 12.0. The molecule has 0 aliphatic heterocycles. The zero-order valence-corrected chi connectivity index (χ0v) is 12.0. The van der Waals surface area contributed by atoms with E-state index in [-0.39, 0.29) is 11.9 Å². The van der Waals surface area contributed by atoms with Gasteiger partial charge >= 0.3 is 5.97 Å². The molecule has 110 valence electrons. The summed E-state index contributed by atoms with van der Waals surface area (Å²) >= 11 is 0. The molecule has 1 amide bonds. The standard InChI is InChI=1S/C14H26N2O3/c1-3-8-11(15)12(17)16-14(13(18)19-2)9-6-4-5-7-10-14/h11H,3-10,15H2,1-2H3,(H,16,17). The third kappa shape index (κ3) is 4.20. The van der Waals surface area contributed by atoms with Crippen LogP contribution in [0.15, 0.2) is 0 Å². The summed E-state index contributed by atoms with van der Waals surface area (Å²) < 4.78 is 4.89. The Labute approximate surface area is 115 Å². The van der Waals surface area contributed by atoms with E-state index >= 15 is 0 Å². The minimum Gasteiger partial charge on any atom is -0.467 e. The van der Waals surface area contributed by atoms with Crippen LogP contribution in [0.4, 0.5) is 0 Å². The summed E-state index contributed by atoms with van der Waals surface area (Å²) in [4.78, 5) is 24.2. The van der Waals surface area contributed by atoms with E-state index in [1.807, 2.05) is 6.92 Å². The Hall–Kier alpha value is -1.10. The van der Waals surface area contributed by atoms with Crippen molar-refractivity contribution in [3.8, 4) is 0 Å². The fourth-order valence-corrected chi connectivity index (χ4v) is 2.68. The van der Waals surface area contributed by atoms with Crippen molar-refractivity contribution in [3.05, 3.63) is 0 Å². The minimum atomic E-state index is -0.867. The molecule has 0 bridgehead atoms. The molecule has 1 aliphatic rings. The molecular formula is C14H26N2O3. The Kier molecular flexibility index (Phi) is 6.28. The van der Waals surface area contributed by atoms with Gasteiger partial charge in [-0.15, -0.1) is 0 Å². The molecule has 19 heavy (non-hydrogen) atoms. The lowest BCUT2D eigenvalue weighted by Gasteiger charge is -2.32. The van der Waals surface area contributed by atoms with E-state index in [1.165, 1.54) is 7.11 Å². The fourth-order valence-electron chi connectivity index (χ4n) is 2.68. The highest BCUT2D eigenvalue weighted by atomic mass is 16.5. The maximum atomic E-state index is 12.1. The van der Waals surface area contributed by atoms with E-state index in [9.17, 15) is 9.59 Å². The second-order valence-corrected chi connectivity index (χ2v) is 5.37. The number of carbonyl (C=O) groups is 2. The lowest BCUT2D eigenvalue weighted by molar-refractivity contribution is -0.152. The molecule has 0 heterocycles. The first kappa shape index (κ1) is 16.0. The summed E-state index contributed by atoms with van der Waals surface area (Å²) in [6.45, 7) is 1.98. The largest absolute Gasteiger partial charge is 0.467 e.